The zero-order valence-corrected chi connectivity index (χ0v) is 17.6. The van der Waals surface area contributed by atoms with Gasteiger partial charge < -0.3 is 15.4 Å². The summed E-state index contributed by atoms with van der Waals surface area (Å²) in [6, 6.07) is 14.9. The Hall–Kier alpha value is -4.21. The van der Waals surface area contributed by atoms with E-state index >= 15 is 0 Å². The Balaban J connectivity index is 1.60. The molecule has 0 spiro atoms. The minimum absolute atomic E-state index is 0.00668. The Morgan fingerprint density at radius 2 is 1.78 bits per heavy atom. The third-order valence-electron chi connectivity index (χ3n) is 4.58. The standard InChI is InChI=1S/C22H23N5O5/c1-14-22(31)27(17-6-4-3-5-7-17)26-20(24-14)21(30)25-16-10-8-15(9-11-16)12-18(28)23-13-19(29)32-2/h3-11,14H,12-13H2,1-2H3,(H,23,28)(H,24,26)(H,25,30). The number of nitrogens with one attached hydrogen (secondary N) is 3. The molecule has 10 heteroatoms. The lowest BCUT2D eigenvalue weighted by Crippen LogP contribution is -2.57. The Morgan fingerprint density at radius 3 is 2.44 bits per heavy atom. The average Bonchev–Trinajstić information content (AvgIpc) is 2.80. The average molecular weight is 437 g/mol. The van der Waals surface area contributed by atoms with Gasteiger partial charge in [0.15, 0.2) is 0 Å². The highest BCUT2D eigenvalue weighted by Crippen LogP contribution is 2.16. The molecule has 3 rings (SSSR count). The summed E-state index contributed by atoms with van der Waals surface area (Å²) in [6.45, 7) is 1.42. The van der Waals surface area contributed by atoms with E-state index in [0.29, 0.717) is 16.9 Å². The van der Waals surface area contributed by atoms with Crippen molar-refractivity contribution in [3.8, 4) is 0 Å². The highest BCUT2D eigenvalue weighted by atomic mass is 16.5. The first-order valence-corrected chi connectivity index (χ1v) is 9.84. The van der Waals surface area contributed by atoms with E-state index in [4.69, 9.17) is 0 Å². The number of amides is 3. The lowest BCUT2D eigenvalue weighted by Gasteiger charge is -2.30. The van der Waals surface area contributed by atoms with Gasteiger partial charge in [-0.2, -0.15) is 0 Å². The van der Waals surface area contributed by atoms with E-state index in [1.165, 1.54) is 12.1 Å². The summed E-state index contributed by atoms with van der Waals surface area (Å²) in [5.41, 5.74) is 4.56. The minimum atomic E-state index is -0.719. The van der Waals surface area contributed by atoms with Crippen LogP contribution in [0, 0.1) is 0 Å². The number of amidine groups is 1. The number of para-hydroxylation sites is 1. The van der Waals surface area contributed by atoms with E-state index in [1.54, 1.807) is 55.5 Å². The van der Waals surface area contributed by atoms with Gasteiger partial charge in [-0.3, -0.25) is 24.6 Å². The van der Waals surface area contributed by atoms with Gasteiger partial charge in [0.1, 0.15) is 12.6 Å². The van der Waals surface area contributed by atoms with Crippen LogP contribution in [0.15, 0.2) is 59.6 Å². The molecule has 0 saturated heterocycles. The molecule has 2 aromatic rings. The largest absolute Gasteiger partial charge is 0.468 e. The van der Waals surface area contributed by atoms with E-state index < -0.39 is 17.9 Å². The molecule has 3 amide bonds. The molecular weight excluding hydrogens is 414 g/mol. The molecule has 1 unspecified atom stereocenters. The number of anilines is 2. The summed E-state index contributed by atoms with van der Waals surface area (Å²) < 4.78 is 4.47. The van der Waals surface area contributed by atoms with Crippen LogP contribution in [-0.4, -0.2) is 49.2 Å². The normalized spacial score (nSPS) is 15.3. The third-order valence-corrected chi connectivity index (χ3v) is 4.58. The summed E-state index contributed by atoms with van der Waals surface area (Å²) in [4.78, 5) is 52.2. The molecule has 3 N–H and O–H groups in total. The molecule has 1 heterocycles. The van der Waals surface area contributed by atoms with Crippen molar-refractivity contribution in [2.24, 2.45) is 4.99 Å². The van der Waals surface area contributed by atoms with Gasteiger partial charge in [0.2, 0.25) is 11.7 Å². The van der Waals surface area contributed by atoms with E-state index in [2.05, 4.69) is 25.8 Å². The number of hydrazine groups is 1. The van der Waals surface area contributed by atoms with Crippen LogP contribution in [-0.2, 0) is 30.3 Å². The molecule has 1 aliphatic heterocycles. The van der Waals surface area contributed by atoms with Crippen LogP contribution in [0.3, 0.4) is 0 Å². The number of carbonyl (C=O) groups is 4. The first kappa shape index (κ1) is 22.5. The molecule has 0 aromatic heterocycles. The van der Waals surface area contributed by atoms with Gasteiger partial charge in [0.25, 0.3) is 11.8 Å². The Kier molecular flexibility index (Phi) is 7.17. The van der Waals surface area contributed by atoms with E-state index in [9.17, 15) is 19.2 Å². The summed E-state index contributed by atoms with van der Waals surface area (Å²) in [5.74, 6) is -1.63. The summed E-state index contributed by atoms with van der Waals surface area (Å²) in [7, 11) is 1.24. The summed E-state index contributed by atoms with van der Waals surface area (Å²) in [6.07, 6.45) is 0.0746. The number of benzene rings is 2. The molecule has 166 valence electrons. The van der Waals surface area contributed by atoms with Gasteiger partial charge in [-0.05, 0) is 36.8 Å². The molecule has 32 heavy (non-hydrogen) atoms. The number of carbonyl (C=O) groups excluding carboxylic acids is 4. The predicted molar refractivity (Wildman–Crippen MR) is 118 cm³/mol. The number of hydrogen-bond acceptors (Lipinski definition) is 7. The minimum Gasteiger partial charge on any atom is -0.468 e. The lowest BCUT2D eigenvalue weighted by molar-refractivity contribution is -0.141. The van der Waals surface area contributed by atoms with Crippen LogP contribution in [0.25, 0.3) is 0 Å². The predicted octanol–water partition coefficient (Wildman–Crippen LogP) is 0.795. The maximum absolute atomic E-state index is 12.7. The van der Waals surface area contributed by atoms with E-state index in [1.807, 2.05) is 6.07 Å². The van der Waals surface area contributed by atoms with Crippen LogP contribution in [0.4, 0.5) is 11.4 Å². The van der Waals surface area contributed by atoms with E-state index in [-0.39, 0.29) is 30.6 Å². The van der Waals surface area contributed by atoms with Crippen LogP contribution < -0.4 is 21.1 Å². The molecule has 0 bridgehead atoms. The third kappa shape index (κ3) is 5.69. The van der Waals surface area contributed by atoms with Crippen molar-refractivity contribution in [1.82, 2.24) is 10.7 Å². The van der Waals surface area contributed by atoms with E-state index in [0.717, 1.165) is 0 Å². The maximum atomic E-state index is 12.7. The number of aliphatic imine (C=N–C) groups is 1. The highest BCUT2D eigenvalue weighted by molar-refractivity contribution is 6.43. The summed E-state index contributed by atoms with van der Waals surface area (Å²) >= 11 is 0. The second-order valence-corrected chi connectivity index (χ2v) is 6.96. The topological polar surface area (TPSA) is 129 Å². The Bertz CT molecular complexity index is 1040. The number of hydrogen-bond donors (Lipinski definition) is 3. The number of nitrogens with zero attached hydrogens (tertiary/aromatic N) is 2. The summed E-state index contributed by atoms with van der Waals surface area (Å²) in [5, 5.41) is 6.47. The lowest BCUT2D eigenvalue weighted by atomic mass is 10.1. The Morgan fingerprint density at radius 1 is 1.09 bits per heavy atom. The maximum Gasteiger partial charge on any atom is 0.325 e. The van der Waals surface area contributed by atoms with Gasteiger partial charge in [0.05, 0.1) is 19.2 Å². The Labute approximate surface area is 184 Å². The second-order valence-electron chi connectivity index (χ2n) is 6.96. The second kappa shape index (κ2) is 10.2. The molecule has 0 aliphatic carbocycles. The fourth-order valence-corrected chi connectivity index (χ4v) is 2.89. The fraction of sp³-hybridized carbons (Fsp3) is 0.227. The van der Waals surface area contributed by atoms with Crippen molar-refractivity contribution < 1.29 is 23.9 Å². The monoisotopic (exact) mass is 437 g/mol. The smallest absolute Gasteiger partial charge is 0.325 e. The van der Waals surface area contributed by atoms with Crippen molar-refractivity contribution in [3.63, 3.8) is 0 Å². The van der Waals surface area contributed by atoms with Gasteiger partial charge in [-0.1, -0.05) is 30.3 Å². The van der Waals surface area contributed by atoms with Crippen molar-refractivity contribution in [1.29, 1.82) is 0 Å². The van der Waals surface area contributed by atoms with Gasteiger partial charge in [-0.25, -0.2) is 10.0 Å². The molecule has 0 radical (unpaired) electrons. The molecular formula is C22H23N5O5. The molecule has 10 nitrogen and oxygen atoms in total. The first-order chi connectivity index (χ1) is 15.4. The first-order valence-electron chi connectivity index (χ1n) is 9.84. The molecule has 1 aliphatic rings. The zero-order chi connectivity index (χ0) is 23.1. The fourth-order valence-electron chi connectivity index (χ4n) is 2.89. The molecule has 0 fully saturated rings. The number of ether oxygens (including phenoxy) is 1. The van der Waals surface area contributed by atoms with Crippen molar-refractivity contribution in [2.75, 3.05) is 24.0 Å². The highest BCUT2D eigenvalue weighted by Gasteiger charge is 2.30. The molecule has 2 aromatic carbocycles. The van der Waals surface area contributed by atoms with Crippen molar-refractivity contribution >= 4 is 40.9 Å². The SMILES string of the molecule is COC(=O)CNC(=O)Cc1ccc(NC(=O)C2=NC(C)C(=O)N(c3ccccc3)N2)cc1. The van der Waals surface area contributed by atoms with Crippen molar-refractivity contribution in [2.45, 2.75) is 19.4 Å². The molecule has 0 saturated carbocycles. The molecule has 1 atom stereocenters. The van der Waals surface area contributed by atoms with Crippen LogP contribution >= 0.6 is 0 Å². The number of esters is 1. The van der Waals surface area contributed by atoms with Crippen molar-refractivity contribution in [3.05, 3.63) is 60.2 Å². The zero-order valence-electron chi connectivity index (χ0n) is 17.6. The van der Waals surface area contributed by atoms with Crippen LogP contribution in [0.5, 0.6) is 0 Å². The van der Waals surface area contributed by atoms with Gasteiger partial charge >= 0.3 is 5.97 Å². The van der Waals surface area contributed by atoms with Crippen LogP contribution in [0.2, 0.25) is 0 Å². The number of rotatable bonds is 7. The van der Waals surface area contributed by atoms with Gasteiger partial charge in [0, 0.05) is 5.69 Å². The van der Waals surface area contributed by atoms with Crippen LogP contribution in [0.1, 0.15) is 12.5 Å². The quantitative estimate of drug-likeness (QED) is 0.550. The van der Waals surface area contributed by atoms with Gasteiger partial charge in [-0.15, -0.1) is 0 Å². The number of methoxy groups -OCH3 is 1.